The topological polar surface area (TPSA) is 67.8 Å². The summed E-state index contributed by atoms with van der Waals surface area (Å²) in [7, 11) is -0.611. The largest absolute Gasteiger partial charge is 0.508 e. The fraction of sp³-hybridized carbons (Fsp3) is 0.471. The molecule has 0 aliphatic carbocycles. The third kappa shape index (κ3) is 4.12. The fourth-order valence-electron chi connectivity index (χ4n) is 2.26. The molecule has 1 saturated heterocycles. The second-order valence-electron chi connectivity index (χ2n) is 6.92. The van der Waals surface area contributed by atoms with Crippen LogP contribution in [0.2, 0.25) is 5.02 Å². The molecule has 24 heavy (non-hydrogen) atoms. The molecule has 1 heterocycles. The van der Waals surface area contributed by atoms with E-state index in [4.69, 9.17) is 20.9 Å². The van der Waals surface area contributed by atoms with Crippen molar-refractivity contribution in [1.29, 1.82) is 0 Å². The summed E-state index contributed by atoms with van der Waals surface area (Å²) in [6.45, 7) is 9.56. The Hall–Kier alpha value is -1.50. The van der Waals surface area contributed by atoms with Gasteiger partial charge in [-0.05, 0) is 56.9 Å². The van der Waals surface area contributed by atoms with Crippen LogP contribution in [-0.2, 0) is 14.1 Å². The number of hydrogen-bond donors (Lipinski definition) is 2. The lowest BCUT2D eigenvalue weighted by Crippen LogP contribution is -2.41. The highest BCUT2D eigenvalue weighted by Crippen LogP contribution is 2.39. The average molecular weight is 352 g/mol. The van der Waals surface area contributed by atoms with Crippen LogP contribution in [0.15, 0.2) is 23.7 Å². The molecule has 1 amide bonds. The number of aromatic hydroxyl groups is 1. The zero-order valence-corrected chi connectivity index (χ0v) is 15.4. The molecular weight excluding hydrogens is 328 g/mol. The lowest BCUT2D eigenvalue weighted by molar-refractivity contribution is -0.118. The van der Waals surface area contributed by atoms with Crippen LogP contribution < -0.4 is 5.32 Å². The van der Waals surface area contributed by atoms with Crippen molar-refractivity contribution in [2.24, 2.45) is 0 Å². The van der Waals surface area contributed by atoms with Gasteiger partial charge in [0.1, 0.15) is 5.75 Å². The summed E-state index contributed by atoms with van der Waals surface area (Å²) in [4.78, 5) is 11.3. The minimum atomic E-state index is -0.611. The van der Waals surface area contributed by atoms with E-state index in [9.17, 15) is 9.90 Å². The molecule has 0 atom stereocenters. The van der Waals surface area contributed by atoms with Crippen LogP contribution in [0.4, 0.5) is 0 Å². The van der Waals surface area contributed by atoms with E-state index in [0.717, 1.165) is 5.47 Å². The normalized spacial score (nSPS) is 19.4. The summed E-state index contributed by atoms with van der Waals surface area (Å²) >= 11 is 6.20. The van der Waals surface area contributed by atoms with Gasteiger partial charge in [-0.2, -0.15) is 0 Å². The second-order valence-corrected chi connectivity index (χ2v) is 7.33. The molecular formula is C17H23BClNO4. The smallest absolute Gasteiger partial charge is 0.492 e. The van der Waals surface area contributed by atoms with Gasteiger partial charge in [0.2, 0.25) is 5.91 Å². The molecule has 1 aromatic rings. The molecule has 1 aromatic carbocycles. The number of rotatable bonds is 4. The number of phenolic OH excluding ortho intramolecular Hbond substituents is 1. The van der Waals surface area contributed by atoms with Crippen molar-refractivity contribution in [2.75, 3.05) is 6.54 Å². The number of carbonyl (C=O) groups excluding carboxylic acids is 1. The lowest BCUT2D eigenvalue weighted by atomic mass is 9.77. The van der Waals surface area contributed by atoms with Crippen LogP contribution in [-0.4, -0.2) is 35.9 Å². The Bertz CT molecular complexity index is 657. The van der Waals surface area contributed by atoms with Crippen LogP contribution in [0.25, 0.3) is 6.08 Å². The quantitative estimate of drug-likeness (QED) is 0.818. The fourth-order valence-corrected chi connectivity index (χ4v) is 2.44. The summed E-state index contributed by atoms with van der Waals surface area (Å²) < 4.78 is 12.1. The molecule has 2 N–H and O–H groups in total. The van der Waals surface area contributed by atoms with E-state index in [0.29, 0.717) is 10.6 Å². The Kier molecular flexibility index (Phi) is 5.33. The third-order valence-electron chi connectivity index (χ3n) is 4.42. The van der Waals surface area contributed by atoms with Crippen molar-refractivity contribution in [3.05, 3.63) is 34.3 Å². The highest BCUT2D eigenvalue weighted by molar-refractivity contribution is 6.56. The minimum absolute atomic E-state index is 0.110. The Labute approximate surface area is 148 Å². The Balaban J connectivity index is 2.37. The molecule has 1 fully saturated rings. The van der Waals surface area contributed by atoms with Crippen LogP contribution in [0.3, 0.4) is 0 Å². The Morgan fingerprint density at radius 1 is 1.29 bits per heavy atom. The molecule has 130 valence electrons. The number of benzene rings is 1. The number of carbonyl (C=O) groups is 1. The van der Waals surface area contributed by atoms with Gasteiger partial charge in [-0.3, -0.25) is 4.79 Å². The third-order valence-corrected chi connectivity index (χ3v) is 4.76. The molecule has 0 aromatic heterocycles. The van der Waals surface area contributed by atoms with Crippen molar-refractivity contribution >= 4 is 30.7 Å². The lowest BCUT2D eigenvalue weighted by Gasteiger charge is -2.32. The molecule has 1 aliphatic rings. The highest BCUT2D eigenvalue weighted by Gasteiger charge is 2.52. The zero-order chi connectivity index (χ0) is 18.1. The minimum Gasteiger partial charge on any atom is -0.508 e. The highest BCUT2D eigenvalue weighted by atomic mass is 35.5. The summed E-state index contributed by atoms with van der Waals surface area (Å²) in [5.41, 5.74) is 0.369. The summed E-state index contributed by atoms with van der Waals surface area (Å²) in [6, 6.07) is 4.69. The van der Waals surface area contributed by atoms with Crippen molar-refractivity contribution in [3.63, 3.8) is 0 Å². The van der Waals surface area contributed by atoms with E-state index < -0.39 is 18.3 Å². The molecule has 0 unspecified atom stereocenters. The van der Waals surface area contributed by atoms with Gasteiger partial charge < -0.3 is 19.7 Å². The molecule has 1 aliphatic heterocycles. The van der Waals surface area contributed by atoms with E-state index in [1.807, 2.05) is 27.7 Å². The first kappa shape index (κ1) is 18.8. The summed E-state index contributed by atoms with van der Waals surface area (Å²) in [5.74, 6) is -0.0436. The van der Waals surface area contributed by atoms with E-state index in [1.54, 1.807) is 18.2 Å². The van der Waals surface area contributed by atoms with Crippen LogP contribution >= 0.6 is 11.6 Å². The van der Waals surface area contributed by atoms with Crippen molar-refractivity contribution in [1.82, 2.24) is 5.32 Å². The molecule has 0 spiro atoms. The number of hydrogen-bond acceptors (Lipinski definition) is 4. The maximum Gasteiger partial charge on any atom is 0.492 e. The first-order valence-corrected chi connectivity index (χ1v) is 8.19. The Morgan fingerprint density at radius 2 is 1.88 bits per heavy atom. The van der Waals surface area contributed by atoms with Gasteiger partial charge in [0.05, 0.1) is 11.2 Å². The summed E-state index contributed by atoms with van der Waals surface area (Å²) in [6.07, 6.45) is 1.78. The van der Waals surface area contributed by atoms with Crippen LogP contribution in [0.1, 0.15) is 40.2 Å². The SMILES string of the molecule is CC(=O)NCC(=Cc1cc(O)ccc1Cl)B1OC(C)(C)C(C)(C)O1. The maximum atomic E-state index is 11.3. The molecule has 5 nitrogen and oxygen atoms in total. The second kappa shape index (κ2) is 6.79. The number of phenols is 1. The zero-order valence-electron chi connectivity index (χ0n) is 14.6. The number of amides is 1. The van der Waals surface area contributed by atoms with Gasteiger partial charge in [0.15, 0.2) is 0 Å². The molecule has 7 heteroatoms. The van der Waals surface area contributed by atoms with E-state index in [2.05, 4.69) is 5.32 Å². The monoisotopic (exact) mass is 351 g/mol. The first-order valence-electron chi connectivity index (χ1n) is 7.81. The first-order chi connectivity index (χ1) is 11.0. The van der Waals surface area contributed by atoms with Gasteiger partial charge in [0.25, 0.3) is 0 Å². The van der Waals surface area contributed by atoms with Gasteiger partial charge >= 0.3 is 7.12 Å². The predicted octanol–water partition coefficient (Wildman–Crippen LogP) is 3.20. The Morgan fingerprint density at radius 3 is 2.42 bits per heavy atom. The van der Waals surface area contributed by atoms with Crippen LogP contribution in [0.5, 0.6) is 5.75 Å². The summed E-state index contributed by atoms with van der Waals surface area (Å²) in [5, 5.41) is 12.9. The van der Waals surface area contributed by atoms with Crippen LogP contribution in [0, 0.1) is 0 Å². The van der Waals surface area contributed by atoms with Crippen molar-refractivity contribution in [3.8, 4) is 5.75 Å². The molecule has 0 saturated carbocycles. The maximum absolute atomic E-state index is 11.3. The molecule has 0 radical (unpaired) electrons. The van der Waals surface area contributed by atoms with Gasteiger partial charge in [-0.1, -0.05) is 17.7 Å². The van der Waals surface area contributed by atoms with Crippen molar-refractivity contribution < 1.29 is 19.2 Å². The molecule has 0 bridgehead atoms. The van der Waals surface area contributed by atoms with Crippen molar-refractivity contribution in [2.45, 2.75) is 45.8 Å². The van der Waals surface area contributed by atoms with E-state index in [1.165, 1.54) is 13.0 Å². The number of nitrogens with one attached hydrogen (secondary N) is 1. The standard InChI is InChI=1S/C17H23BClNO4/c1-11(21)20-10-13(8-12-9-14(22)6-7-15(12)19)18-23-16(2,3)17(4,5)24-18/h6-9,22H,10H2,1-5H3,(H,20,21). The molecule has 2 rings (SSSR count). The van der Waals surface area contributed by atoms with Gasteiger partial charge in [-0.15, -0.1) is 0 Å². The predicted molar refractivity (Wildman–Crippen MR) is 95.9 cm³/mol. The van der Waals surface area contributed by atoms with E-state index >= 15 is 0 Å². The van der Waals surface area contributed by atoms with Gasteiger partial charge in [0, 0.05) is 18.5 Å². The van der Waals surface area contributed by atoms with E-state index in [-0.39, 0.29) is 18.2 Å². The number of halogens is 1. The van der Waals surface area contributed by atoms with Gasteiger partial charge in [-0.25, -0.2) is 0 Å². The average Bonchev–Trinajstić information content (AvgIpc) is 2.66.